The summed E-state index contributed by atoms with van der Waals surface area (Å²) in [6.45, 7) is 0.0325. The summed E-state index contributed by atoms with van der Waals surface area (Å²) in [5.74, 6) is 0.366. The van der Waals surface area contributed by atoms with E-state index < -0.39 is 9.84 Å². The van der Waals surface area contributed by atoms with Crippen molar-refractivity contribution in [1.82, 2.24) is 9.78 Å². The Labute approximate surface area is 117 Å². The first kappa shape index (κ1) is 14.1. The third-order valence-electron chi connectivity index (χ3n) is 2.62. The molecule has 6 nitrogen and oxygen atoms in total. The monoisotopic (exact) mass is 291 g/mol. The van der Waals surface area contributed by atoms with E-state index in [-0.39, 0.29) is 17.3 Å². The molecule has 0 aliphatic heterocycles. The number of nitrogens with zero attached hydrogens (tertiary/aromatic N) is 3. The van der Waals surface area contributed by atoms with Gasteiger partial charge in [0.15, 0.2) is 15.6 Å². The second kappa shape index (κ2) is 5.75. The summed E-state index contributed by atoms with van der Waals surface area (Å²) in [5, 5.41) is 12.7. The van der Waals surface area contributed by atoms with Crippen molar-refractivity contribution in [3.8, 4) is 11.8 Å². The fourth-order valence-corrected chi connectivity index (χ4v) is 2.75. The van der Waals surface area contributed by atoms with Crippen molar-refractivity contribution < 1.29 is 13.2 Å². The molecule has 0 fully saturated rings. The van der Waals surface area contributed by atoms with Crippen molar-refractivity contribution in [2.45, 2.75) is 4.90 Å². The topological polar surface area (TPSA) is 85.0 Å². The third-order valence-corrected chi connectivity index (χ3v) is 4.30. The van der Waals surface area contributed by atoms with Crippen LogP contribution < -0.4 is 4.74 Å². The maximum atomic E-state index is 12.1. The SMILES string of the molecule is Cn1cc(OCCS(=O)(=O)c2cccc(C#N)c2)cn1. The van der Waals surface area contributed by atoms with E-state index in [1.807, 2.05) is 6.07 Å². The predicted octanol–water partition coefficient (Wildman–Crippen LogP) is 1.14. The second-order valence-corrected chi connectivity index (χ2v) is 6.27. The van der Waals surface area contributed by atoms with E-state index in [1.54, 1.807) is 30.1 Å². The Morgan fingerprint density at radius 3 is 2.90 bits per heavy atom. The van der Waals surface area contributed by atoms with Crippen molar-refractivity contribution >= 4 is 9.84 Å². The van der Waals surface area contributed by atoms with Gasteiger partial charge in [-0.25, -0.2) is 8.42 Å². The fourth-order valence-electron chi connectivity index (χ4n) is 1.62. The van der Waals surface area contributed by atoms with Gasteiger partial charge in [-0.1, -0.05) is 6.07 Å². The number of aromatic nitrogens is 2. The molecule has 0 bridgehead atoms. The lowest BCUT2D eigenvalue weighted by atomic mass is 10.2. The van der Waals surface area contributed by atoms with Gasteiger partial charge in [-0.3, -0.25) is 4.68 Å². The number of hydrogen-bond acceptors (Lipinski definition) is 5. The molecule has 0 unspecified atom stereocenters. The van der Waals surface area contributed by atoms with Crippen molar-refractivity contribution in [1.29, 1.82) is 5.26 Å². The lowest BCUT2D eigenvalue weighted by molar-refractivity contribution is 0.340. The van der Waals surface area contributed by atoms with Crippen LogP contribution in [0.25, 0.3) is 0 Å². The van der Waals surface area contributed by atoms with E-state index in [2.05, 4.69) is 5.10 Å². The molecule has 1 heterocycles. The Kier molecular flexibility index (Phi) is 4.05. The van der Waals surface area contributed by atoms with Crippen LogP contribution in [0.1, 0.15) is 5.56 Å². The fraction of sp³-hybridized carbons (Fsp3) is 0.231. The highest BCUT2D eigenvalue weighted by atomic mass is 32.2. The number of ether oxygens (including phenoxy) is 1. The zero-order valence-electron chi connectivity index (χ0n) is 10.9. The summed E-state index contributed by atoms with van der Waals surface area (Å²) in [4.78, 5) is 0.131. The van der Waals surface area contributed by atoms with Crippen LogP contribution in [0.2, 0.25) is 0 Å². The number of hydrogen-bond donors (Lipinski definition) is 0. The van der Waals surface area contributed by atoms with E-state index in [0.717, 1.165) is 0 Å². The highest BCUT2D eigenvalue weighted by Gasteiger charge is 2.15. The summed E-state index contributed by atoms with van der Waals surface area (Å²) in [6, 6.07) is 7.86. The minimum Gasteiger partial charge on any atom is -0.489 e. The third kappa shape index (κ3) is 3.36. The van der Waals surface area contributed by atoms with Gasteiger partial charge in [0.05, 0.1) is 34.7 Å². The van der Waals surface area contributed by atoms with Crippen LogP contribution in [-0.4, -0.2) is 30.6 Å². The van der Waals surface area contributed by atoms with Gasteiger partial charge in [0.2, 0.25) is 0 Å². The van der Waals surface area contributed by atoms with Crippen LogP contribution in [0.4, 0.5) is 0 Å². The number of benzene rings is 1. The molecule has 0 aliphatic carbocycles. The lowest BCUT2D eigenvalue weighted by Crippen LogP contribution is -2.14. The molecule has 0 aliphatic rings. The zero-order valence-corrected chi connectivity index (χ0v) is 11.7. The van der Waals surface area contributed by atoms with E-state index >= 15 is 0 Å². The first-order valence-electron chi connectivity index (χ1n) is 5.85. The Bertz CT molecular complexity index is 744. The van der Waals surface area contributed by atoms with Gasteiger partial charge in [0, 0.05) is 7.05 Å². The van der Waals surface area contributed by atoms with Crippen molar-refractivity contribution in [2.75, 3.05) is 12.4 Å². The van der Waals surface area contributed by atoms with Crippen LogP contribution in [0, 0.1) is 11.3 Å². The van der Waals surface area contributed by atoms with Crippen molar-refractivity contribution in [3.05, 3.63) is 42.2 Å². The normalized spacial score (nSPS) is 11.0. The Hall–Kier alpha value is -2.33. The smallest absolute Gasteiger partial charge is 0.181 e. The highest BCUT2D eigenvalue weighted by molar-refractivity contribution is 7.91. The van der Waals surface area contributed by atoms with Gasteiger partial charge < -0.3 is 4.74 Å². The van der Waals surface area contributed by atoms with Crippen LogP contribution in [-0.2, 0) is 16.9 Å². The minimum absolute atomic E-state index is 0.0325. The molecule has 1 aromatic carbocycles. The first-order chi connectivity index (χ1) is 9.51. The molecule has 0 amide bonds. The second-order valence-electron chi connectivity index (χ2n) is 4.16. The molecular formula is C13H13N3O3S. The summed E-state index contributed by atoms with van der Waals surface area (Å²) < 4.78 is 31.1. The summed E-state index contributed by atoms with van der Waals surface area (Å²) in [5.41, 5.74) is 0.319. The molecule has 1 aromatic heterocycles. The van der Waals surface area contributed by atoms with E-state index in [1.165, 1.54) is 18.3 Å². The highest BCUT2D eigenvalue weighted by Crippen LogP contribution is 2.14. The molecule has 0 saturated heterocycles. The molecule has 0 N–H and O–H groups in total. The largest absolute Gasteiger partial charge is 0.489 e. The predicted molar refractivity (Wildman–Crippen MR) is 71.9 cm³/mol. The van der Waals surface area contributed by atoms with Crippen LogP contribution in [0.15, 0.2) is 41.6 Å². The van der Waals surface area contributed by atoms with Gasteiger partial charge in [0.1, 0.15) is 6.61 Å². The molecule has 2 rings (SSSR count). The van der Waals surface area contributed by atoms with Gasteiger partial charge in [-0.2, -0.15) is 10.4 Å². The number of aryl methyl sites for hydroxylation is 1. The average molecular weight is 291 g/mol. The van der Waals surface area contributed by atoms with Crippen molar-refractivity contribution in [3.63, 3.8) is 0 Å². The van der Waals surface area contributed by atoms with Crippen molar-refractivity contribution in [2.24, 2.45) is 7.05 Å². The standard InChI is InChI=1S/C13H13N3O3S/c1-16-10-12(9-15-16)19-5-6-20(17,18)13-4-2-3-11(7-13)8-14/h2-4,7,9-10H,5-6H2,1H3. The van der Waals surface area contributed by atoms with E-state index in [4.69, 9.17) is 10.00 Å². The maximum Gasteiger partial charge on any atom is 0.181 e. The quantitative estimate of drug-likeness (QED) is 0.824. The average Bonchev–Trinajstić information content (AvgIpc) is 2.84. The lowest BCUT2D eigenvalue weighted by Gasteiger charge is -2.05. The van der Waals surface area contributed by atoms with Gasteiger partial charge >= 0.3 is 0 Å². The van der Waals surface area contributed by atoms with Gasteiger partial charge in [-0.05, 0) is 18.2 Å². The van der Waals surface area contributed by atoms with E-state index in [0.29, 0.717) is 11.3 Å². The van der Waals surface area contributed by atoms with Crippen LogP contribution in [0.5, 0.6) is 5.75 Å². The summed E-state index contributed by atoms with van der Waals surface area (Å²) >= 11 is 0. The first-order valence-corrected chi connectivity index (χ1v) is 7.51. The molecule has 0 spiro atoms. The summed E-state index contributed by atoms with van der Waals surface area (Å²) in [6.07, 6.45) is 3.17. The maximum absolute atomic E-state index is 12.1. The molecule has 0 radical (unpaired) electrons. The molecular weight excluding hydrogens is 278 g/mol. The zero-order chi connectivity index (χ0) is 14.6. The molecule has 0 atom stereocenters. The van der Waals surface area contributed by atoms with E-state index in [9.17, 15) is 8.42 Å². The number of nitriles is 1. The molecule has 20 heavy (non-hydrogen) atoms. The summed E-state index contributed by atoms with van der Waals surface area (Å²) in [7, 11) is -1.71. The molecule has 7 heteroatoms. The van der Waals surface area contributed by atoms with Crippen LogP contribution in [0.3, 0.4) is 0 Å². The molecule has 0 saturated carbocycles. The van der Waals surface area contributed by atoms with Gasteiger partial charge in [0.25, 0.3) is 0 Å². The Balaban J connectivity index is 2.02. The number of rotatable bonds is 5. The number of sulfone groups is 1. The van der Waals surface area contributed by atoms with Crippen LogP contribution >= 0.6 is 0 Å². The Morgan fingerprint density at radius 1 is 1.45 bits per heavy atom. The minimum atomic E-state index is -3.46. The molecule has 2 aromatic rings. The molecule has 104 valence electrons. The Morgan fingerprint density at radius 2 is 2.25 bits per heavy atom. The van der Waals surface area contributed by atoms with Gasteiger partial charge in [-0.15, -0.1) is 0 Å².